The molecule has 0 amide bonds. The predicted octanol–water partition coefficient (Wildman–Crippen LogP) is 2.55. The molecule has 0 unspecified atom stereocenters. The Morgan fingerprint density at radius 3 is 2.33 bits per heavy atom. The van der Waals surface area contributed by atoms with E-state index in [0.29, 0.717) is 31.2 Å². The second-order valence-corrected chi connectivity index (χ2v) is 4.62. The molecule has 0 radical (unpaired) electrons. The highest BCUT2D eigenvalue weighted by atomic mass is 19.4. The number of aliphatic hydroxyl groups excluding tert-OH is 1. The normalized spacial score (nSPS) is 19.3. The van der Waals surface area contributed by atoms with Gasteiger partial charge in [-0.3, -0.25) is 4.90 Å². The van der Waals surface area contributed by atoms with Crippen LogP contribution < -0.4 is 0 Å². The van der Waals surface area contributed by atoms with Crippen LogP contribution >= 0.6 is 0 Å². The lowest BCUT2D eigenvalue weighted by molar-refractivity contribution is -0.185. The summed E-state index contributed by atoms with van der Waals surface area (Å²) < 4.78 is 42.8. The molecule has 1 aromatic heterocycles. The fourth-order valence-corrected chi connectivity index (χ4v) is 2.23. The van der Waals surface area contributed by atoms with Crippen LogP contribution in [0.25, 0.3) is 0 Å². The molecule has 3 nitrogen and oxygen atoms in total. The molecule has 1 aliphatic heterocycles. The van der Waals surface area contributed by atoms with E-state index in [1.807, 2.05) is 4.90 Å². The van der Waals surface area contributed by atoms with Crippen molar-refractivity contribution < 1.29 is 22.7 Å². The van der Waals surface area contributed by atoms with Gasteiger partial charge in [-0.05, 0) is 38.1 Å². The number of aliphatic hydroxyl groups is 1. The SMILES string of the molecule is OCc1ccc(CN2CCC(C(F)(F)F)CC2)o1. The molecule has 1 fully saturated rings. The van der Waals surface area contributed by atoms with Gasteiger partial charge in [0.05, 0.1) is 12.5 Å². The van der Waals surface area contributed by atoms with E-state index in [9.17, 15) is 13.2 Å². The Kier molecular flexibility index (Phi) is 3.97. The van der Waals surface area contributed by atoms with Crippen molar-refractivity contribution >= 4 is 0 Å². The number of nitrogens with zero attached hydrogens (tertiary/aromatic N) is 1. The minimum absolute atomic E-state index is 0.150. The summed E-state index contributed by atoms with van der Waals surface area (Å²) in [5.74, 6) is -0.00181. The Balaban J connectivity index is 1.83. The van der Waals surface area contributed by atoms with Crippen LogP contribution in [0.4, 0.5) is 13.2 Å². The molecule has 6 heteroatoms. The molecular formula is C12H16F3NO2. The molecule has 0 aromatic carbocycles. The number of piperidine rings is 1. The summed E-state index contributed by atoms with van der Waals surface area (Å²) in [5, 5.41) is 8.85. The molecule has 1 saturated heterocycles. The first kappa shape index (κ1) is 13.4. The summed E-state index contributed by atoms with van der Waals surface area (Å²) in [6.45, 7) is 1.21. The number of hydrogen-bond acceptors (Lipinski definition) is 3. The van der Waals surface area contributed by atoms with Crippen molar-refractivity contribution in [2.45, 2.75) is 32.2 Å². The zero-order valence-corrected chi connectivity index (χ0v) is 9.91. The first-order valence-corrected chi connectivity index (χ1v) is 5.96. The fraction of sp³-hybridized carbons (Fsp3) is 0.667. The largest absolute Gasteiger partial charge is 0.462 e. The molecule has 0 saturated carbocycles. The second-order valence-electron chi connectivity index (χ2n) is 4.62. The second kappa shape index (κ2) is 5.32. The van der Waals surface area contributed by atoms with Crippen molar-refractivity contribution in [2.75, 3.05) is 13.1 Å². The van der Waals surface area contributed by atoms with E-state index in [1.165, 1.54) is 0 Å². The van der Waals surface area contributed by atoms with Crippen LogP contribution in [0.1, 0.15) is 24.4 Å². The van der Waals surface area contributed by atoms with Gasteiger partial charge < -0.3 is 9.52 Å². The fourth-order valence-electron chi connectivity index (χ4n) is 2.23. The Bertz CT molecular complexity index is 381. The first-order valence-electron chi connectivity index (χ1n) is 5.96. The van der Waals surface area contributed by atoms with Gasteiger partial charge in [0.1, 0.15) is 18.1 Å². The van der Waals surface area contributed by atoms with Crippen molar-refractivity contribution in [2.24, 2.45) is 5.92 Å². The summed E-state index contributed by atoms with van der Waals surface area (Å²) in [6, 6.07) is 3.43. The summed E-state index contributed by atoms with van der Waals surface area (Å²) in [7, 11) is 0. The van der Waals surface area contributed by atoms with Gasteiger partial charge >= 0.3 is 6.18 Å². The van der Waals surface area contributed by atoms with Crippen LogP contribution in [-0.4, -0.2) is 29.3 Å². The molecule has 1 N–H and O–H groups in total. The van der Waals surface area contributed by atoms with Crippen LogP contribution in [0.2, 0.25) is 0 Å². The maximum absolute atomic E-state index is 12.5. The molecule has 18 heavy (non-hydrogen) atoms. The van der Waals surface area contributed by atoms with Gasteiger partial charge in [0.2, 0.25) is 0 Å². The zero-order valence-electron chi connectivity index (χ0n) is 9.91. The number of hydrogen-bond donors (Lipinski definition) is 1. The van der Waals surface area contributed by atoms with Gasteiger partial charge in [-0.25, -0.2) is 0 Å². The molecule has 0 aliphatic carbocycles. The third-order valence-corrected chi connectivity index (χ3v) is 3.30. The Hall–Kier alpha value is -1.01. The van der Waals surface area contributed by atoms with E-state index >= 15 is 0 Å². The average Bonchev–Trinajstić information content (AvgIpc) is 2.76. The average molecular weight is 263 g/mol. The van der Waals surface area contributed by atoms with Gasteiger partial charge in [-0.2, -0.15) is 13.2 Å². The highest BCUT2D eigenvalue weighted by Crippen LogP contribution is 2.34. The van der Waals surface area contributed by atoms with Crippen molar-refractivity contribution in [3.8, 4) is 0 Å². The van der Waals surface area contributed by atoms with E-state index in [0.717, 1.165) is 0 Å². The molecule has 1 aliphatic rings. The zero-order chi connectivity index (χ0) is 13.2. The third kappa shape index (κ3) is 3.26. The molecule has 0 bridgehead atoms. The minimum atomic E-state index is -4.07. The molecule has 1 aromatic rings. The quantitative estimate of drug-likeness (QED) is 0.910. The maximum Gasteiger partial charge on any atom is 0.391 e. The molecule has 2 rings (SSSR count). The van der Waals surface area contributed by atoms with Crippen LogP contribution in [0, 0.1) is 5.92 Å². The van der Waals surface area contributed by atoms with Crippen molar-refractivity contribution in [1.29, 1.82) is 0 Å². The van der Waals surface area contributed by atoms with Gasteiger partial charge in [0.15, 0.2) is 0 Å². The number of halogens is 3. The summed E-state index contributed by atoms with van der Waals surface area (Å²) >= 11 is 0. The number of likely N-dealkylation sites (tertiary alicyclic amines) is 1. The Morgan fingerprint density at radius 2 is 1.83 bits per heavy atom. The maximum atomic E-state index is 12.5. The highest BCUT2D eigenvalue weighted by Gasteiger charge is 2.41. The number of rotatable bonds is 3. The van der Waals surface area contributed by atoms with Gasteiger partial charge in [-0.1, -0.05) is 0 Å². The molecule has 0 spiro atoms. The summed E-state index contributed by atoms with van der Waals surface area (Å²) in [5.41, 5.74) is 0. The van der Waals surface area contributed by atoms with Crippen molar-refractivity contribution in [3.05, 3.63) is 23.7 Å². The lowest BCUT2D eigenvalue weighted by atomic mass is 9.96. The monoisotopic (exact) mass is 263 g/mol. The predicted molar refractivity (Wildman–Crippen MR) is 58.7 cm³/mol. The Labute approximate surface area is 103 Å². The topological polar surface area (TPSA) is 36.6 Å². The lowest BCUT2D eigenvalue weighted by Crippen LogP contribution is -2.38. The van der Waals surface area contributed by atoms with E-state index in [2.05, 4.69) is 0 Å². The van der Waals surface area contributed by atoms with Gasteiger partial charge in [0.25, 0.3) is 0 Å². The highest BCUT2D eigenvalue weighted by molar-refractivity contribution is 5.06. The van der Waals surface area contributed by atoms with Crippen LogP contribution in [-0.2, 0) is 13.2 Å². The molecule has 0 atom stereocenters. The van der Waals surface area contributed by atoms with E-state index in [-0.39, 0.29) is 19.4 Å². The lowest BCUT2D eigenvalue weighted by Gasteiger charge is -2.32. The Morgan fingerprint density at radius 1 is 1.22 bits per heavy atom. The summed E-state index contributed by atoms with van der Waals surface area (Å²) in [6.07, 6.45) is -3.77. The van der Waals surface area contributed by atoms with Crippen LogP contribution in [0.5, 0.6) is 0 Å². The van der Waals surface area contributed by atoms with Gasteiger partial charge in [0, 0.05) is 0 Å². The number of furan rings is 1. The van der Waals surface area contributed by atoms with Crippen LogP contribution in [0.15, 0.2) is 16.5 Å². The smallest absolute Gasteiger partial charge is 0.391 e. The number of alkyl halides is 3. The third-order valence-electron chi connectivity index (χ3n) is 3.30. The van der Waals surface area contributed by atoms with E-state index in [1.54, 1.807) is 12.1 Å². The minimum Gasteiger partial charge on any atom is -0.462 e. The first-order chi connectivity index (χ1) is 8.49. The van der Waals surface area contributed by atoms with E-state index in [4.69, 9.17) is 9.52 Å². The van der Waals surface area contributed by atoms with Gasteiger partial charge in [-0.15, -0.1) is 0 Å². The standard InChI is InChI=1S/C12H16F3NO2/c13-12(14,15)9-3-5-16(6-4-9)7-10-1-2-11(8-17)18-10/h1-2,9,17H,3-8H2. The molecular weight excluding hydrogens is 247 g/mol. The van der Waals surface area contributed by atoms with Crippen molar-refractivity contribution in [1.82, 2.24) is 4.90 Å². The van der Waals surface area contributed by atoms with Crippen molar-refractivity contribution in [3.63, 3.8) is 0 Å². The van der Waals surface area contributed by atoms with Crippen LogP contribution in [0.3, 0.4) is 0 Å². The van der Waals surface area contributed by atoms with E-state index < -0.39 is 12.1 Å². The summed E-state index contributed by atoms with van der Waals surface area (Å²) in [4.78, 5) is 1.95. The molecule has 102 valence electrons. The molecule has 2 heterocycles.